The molecule has 0 bridgehead atoms. The van der Waals surface area contributed by atoms with Crippen LogP contribution < -0.4 is 10.6 Å². The van der Waals surface area contributed by atoms with Crippen molar-refractivity contribution in [2.24, 2.45) is 0 Å². The summed E-state index contributed by atoms with van der Waals surface area (Å²) >= 11 is 1.16. The molecule has 0 radical (unpaired) electrons. The van der Waals surface area contributed by atoms with E-state index in [2.05, 4.69) is 10.6 Å². The van der Waals surface area contributed by atoms with Crippen molar-refractivity contribution in [2.45, 2.75) is 11.8 Å². The number of rotatable bonds is 5. The molecule has 2 rings (SSSR count). The molecule has 0 aliphatic rings. The average molecular weight is 352 g/mol. The van der Waals surface area contributed by atoms with Crippen LogP contribution in [-0.4, -0.2) is 33.0 Å². The van der Waals surface area contributed by atoms with Crippen LogP contribution in [0.2, 0.25) is 0 Å². The van der Waals surface area contributed by atoms with Crippen LogP contribution in [0.25, 0.3) is 0 Å². The molecule has 0 fully saturated rings. The van der Waals surface area contributed by atoms with Gasteiger partial charge in [-0.15, -0.1) is 11.3 Å². The fourth-order valence-corrected chi connectivity index (χ4v) is 3.82. The van der Waals surface area contributed by atoms with E-state index in [1.165, 1.54) is 19.2 Å². The first-order valence-electron chi connectivity index (χ1n) is 6.72. The largest absolute Gasteiger partial charge is 0.355 e. The molecule has 122 valence electrons. The molecule has 0 unspecified atom stereocenters. The van der Waals surface area contributed by atoms with Crippen molar-refractivity contribution in [3.05, 3.63) is 46.8 Å². The van der Waals surface area contributed by atoms with Crippen molar-refractivity contribution in [2.75, 3.05) is 18.1 Å². The van der Waals surface area contributed by atoms with Gasteiger partial charge in [0.25, 0.3) is 5.91 Å². The molecule has 23 heavy (non-hydrogen) atoms. The lowest BCUT2D eigenvalue weighted by molar-refractivity contribution is -0.113. The normalized spacial score (nSPS) is 11.0. The van der Waals surface area contributed by atoms with E-state index in [-0.39, 0.29) is 10.8 Å². The third-order valence-electron chi connectivity index (χ3n) is 3.09. The van der Waals surface area contributed by atoms with E-state index in [9.17, 15) is 18.0 Å². The molecular weight excluding hydrogens is 336 g/mol. The Labute approximate surface area is 138 Å². The van der Waals surface area contributed by atoms with E-state index in [1.807, 2.05) is 6.92 Å². The van der Waals surface area contributed by atoms with E-state index >= 15 is 0 Å². The summed E-state index contributed by atoms with van der Waals surface area (Å²) in [6.45, 7) is 1.85. The fraction of sp³-hybridized carbons (Fsp3) is 0.200. The van der Waals surface area contributed by atoms with Crippen LogP contribution in [0.3, 0.4) is 0 Å². The average Bonchev–Trinajstić information content (AvgIpc) is 2.94. The number of thiophene rings is 1. The summed E-state index contributed by atoms with van der Waals surface area (Å²) in [5.74, 6) is -1.71. The van der Waals surface area contributed by atoms with Crippen molar-refractivity contribution in [1.29, 1.82) is 0 Å². The maximum Gasteiger partial charge on any atom is 0.254 e. The first-order chi connectivity index (χ1) is 10.8. The molecule has 6 nitrogen and oxygen atoms in total. The summed E-state index contributed by atoms with van der Waals surface area (Å²) in [6.07, 6.45) is 0. The van der Waals surface area contributed by atoms with Gasteiger partial charge in [0.15, 0.2) is 9.84 Å². The van der Waals surface area contributed by atoms with Crippen LogP contribution in [0, 0.1) is 6.92 Å². The minimum atomic E-state index is -3.73. The second-order valence-corrected chi connectivity index (χ2v) is 7.77. The van der Waals surface area contributed by atoms with Crippen LogP contribution in [-0.2, 0) is 14.6 Å². The highest BCUT2D eigenvalue weighted by Crippen LogP contribution is 2.23. The Bertz CT molecular complexity index is 823. The first kappa shape index (κ1) is 17.2. The summed E-state index contributed by atoms with van der Waals surface area (Å²) in [7, 11) is -2.25. The van der Waals surface area contributed by atoms with Gasteiger partial charge in [-0.05, 0) is 30.5 Å². The highest BCUT2D eigenvalue weighted by atomic mass is 32.2. The second-order valence-electron chi connectivity index (χ2n) is 4.86. The Morgan fingerprint density at radius 2 is 1.78 bits per heavy atom. The molecule has 0 saturated carbocycles. The number of carbonyl (C=O) groups is 2. The molecule has 0 aliphatic heterocycles. The van der Waals surface area contributed by atoms with Crippen LogP contribution in [0.4, 0.5) is 5.00 Å². The maximum absolute atomic E-state index is 12.2. The summed E-state index contributed by atoms with van der Waals surface area (Å²) in [4.78, 5) is 23.7. The number of amides is 2. The van der Waals surface area contributed by atoms with E-state index in [0.717, 1.165) is 16.9 Å². The van der Waals surface area contributed by atoms with Crippen LogP contribution in [0.5, 0.6) is 0 Å². The summed E-state index contributed by atoms with van der Waals surface area (Å²) in [5.41, 5.74) is 1.24. The number of hydrogen-bond acceptors (Lipinski definition) is 5. The number of sulfone groups is 1. The lowest BCUT2D eigenvalue weighted by Crippen LogP contribution is -2.24. The molecule has 2 N–H and O–H groups in total. The standard InChI is InChI=1S/C15H16N2O4S2/c1-10-3-5-11(6-4-10)23(20,21)9-13(18)17-15-12(7-8-22-15)14(19)16-2/h3-8H,9H2,1-2H3,(H,16,19)(H,17,18). The topological polar surface area (TPSA) is 92.3 Å². The molecule has 1 aromatic heterocycles. The molecule has 0 saturated heterocycles. The van der Waals surface area contributed by atoms with Gasteiger partial charge in [-0.1, -0.05) is 17.7 Å². The van der Waals surface area contributed by atoms with Crippen molar-refractivity contribution in [1.82, 2.24) is 5.32 Å². The molecule has 1 heterocycles. The van der Waals surface area contributed by atoms with Gasteiger partial charge < -0.3 is 10.6 Å². The quantitative estimate of drug-likeness (QED) is 0.859. The molecule has 0 atom stereocenters. The zero-order valence-corrected chi connectivity index (χ0v) is 14.3. The van der Waals surface area contributed by atoms with Gasteiger partial charge in [0, 0.05) is 7.05 Å². The molecule has 0 aliphatic carbocycles. The molecule has 2 aromatic rings. The van der Waals surface area contributed by atoms with Crippen LogP contribution >= 0.6 is 11.3 Å². The predicted molar refractivity (Wildman–Crippen MR) is 89.6 cm³/mol. The second kappa shape index (κ2) is 6.93. The molecule has 2 amide bonds. The Hall–Kier alpha value is -2.19. The van der Waals surface area contributed by atoms with Crippen molar-refractivity contribution in [3.63, 3.8) is 0 Å². The Morgan fingerprint density at radius 3 is 2.39 bits per heavy atom. The van der Waals surface area contributed by atoms with Gasteiger partial charge in [0.2, 0.25) is 5.91 Å². The lowest BCUT2D eigenvalue weighted by Gasteiger charge is -2.07. The third kappa shape index (κ3) is 4.17. The van der Waals surface area contributed by atoms with E-state index in [1.54, 1.807) is 23.6 Å². The van der Waals surface area contributed by atoms with E-state index in [4.69, 9.17) is 0 Å². The number of carbonyl (C=O) groups excluding carboxylic acids is 2. The third-order valence-corrected chi connectivity index (χ3v) is 5.55. The van der Waals surface area contributed by atoms with E-state index < -0.39 is 21.5 Å². The van der Waals surface area contributed by atoms with Crippen LogP contribution in [0.15, 0.2) is 40.6 Å². The first-order valence-corrected chi connectivity index (χ1v) is 9.25. The van der Waals surface area contributed by atoms with E-state index in [0.29, 0.717) is 10.6 Å². The number of nitrogens with one attached hydrogen (secondary N) is 2. The number of aryl methyl sites for hydroxylation is 1. The highest BCUT2D eigenvalue weighted by molar-refractivity contribution is 7.92. The zero-order chi connectivity index (χ0) is 17.0. The molecule has 1 aromatic carbocycles. The number of anilines is 1. The Balaban J connectivity index is 2.12. The smallest absolute Gasteiger partial charge is 0.254 e. The predicted octanol–water partition coefficient (Wildman–Crippen LogP) is 1.83. The SMILES string of the molecule is CNC(=O)c1ccsc1NC(=O)CS(=O)(=O)c1ccc(C)cc1. The van der Waals surface area contributed by atoms with Gasteiger partial charge in [0.05, 0.1) is 10.5 Å². The molecular formula is C15H16N2O4S2. The van der Waals surface area contributed by atoms with Gasteiger partial charge >= 0.3 is 0 Å². The van der Waals surface area contributed by atoms with Crippen molar-refractivity contribution < 1.29 is 18.0 Å². The monoisotopic (exact) mass is 352 g/mol. The lowest BCUT2D eigenvalue weighted by atomic mass is 10.2. The van der Waals surface area contributed by atoms with Crippen LogP contribution in [0.1, 0.15) is 15.9 Å². The van der Waals surface area contributed by atoms with Crippen molar-refractivity contribution in [3.8, 4) is 0 Å². The van der Waals surface area contributed by atoms with Crippen molar-refractivity contribution >= 4 is 38.0 Å². The van der Waals surface area contributed by atoms with Gasteiger partial charge in [-0.3, -0.25) is 9.59 Å². The Kier molecular flexibility index (Phi) is 5.17. The van der Waals surface area contributed by atoms with Gasteiger partial charge in [-0.25, -0.2) is 8.42 Å². The fourth-order valence-electron chi connectivity index (χ4n) is 1.88. The minimum absolute atomic E-state index is 0.0935. The summed E-state index contributed by atoms with van der Waals surface area (Å²) < 4.78 is 24.4. The minimum Gasteiger partial charge on any atom is -0.355 e. The molecule has 0 spiro atoms. The number of benzene rings is 1. The van der Waals surface area contributed by atoms with Gasteiger partial charge in [0.1, 0.15) is 10.8 Å². The highest BCUT2D eigenvalue weighted by Gasteiger charge is 2.21. The Morgan fingerprint density at radius 1 is 1.13 bits per heavy atom. The molecule has 8 heteroatoms. The summed E-state index contributed by atoms with van der Waals surface area (Å²) in [6, 6.07) is 7.85. The summed E-state index contributed by atoms with van der Waals surface area (Å²) in [5, 5.41) is 6.92. The van der Waals surface area contributed by atoms with Gasteiger partial charge in [-0.2, -0.15) is 0 Å². The maximum atomic E-state index is 12.2. The number of hydrogen-bond donors (Lipinski definition) is 2. The zero-order valence-electron chi connectivity index (χ0n) is 12.6.